The van der Waals surface area contributed by atoms with Crippen LogP contribution < -0.4 is 5.32 Å². The van der Waals surface area contributed by atoms with Crippen LogP contribution in [0, 0.1) is 0 Å². The van der Waals surface area contributed by atoms with Crippen molar-refractivity contribution >= 4 is 11.6 Å². The molecule has 0 spiro atoms. The van der Waals surface area contributed by atoms with E-state index in [0.29, 0.717) is 0 Å². The molecular weight excluding hydrogens is 258 g/mol. The Morgan fingerprint density at radius 1 is 1.26 bits per heavy atom. The summed E-state index contributed by atoms with van der Waals surface area (Å²) in [5.41, 5.74) is 2.38. The van der Waals surface area contributed by atoms with Crippen molar-refractivity contribution in [3.63, 3.8) is 0 Å². The van der Waals surface area contributed by atoms with Gasteiger partial charge in [0.25, 0.3) is 0 Å². The van der Waals surface area contributed by atoms with Gasteiger partial charge < -0.3 is 9.73 Å². The third kappa shape index (κ3) is 3.40. The van der Waals surface area contributed by atoms with Crippen LogP contribution in [0.4, 0.5) is 0 Å². The molecule has 0 saturated carbocycles. The summed E-state index contributed by atoms with van der Waals surface area (Å²) in [6, 6.07) is 10.2. The molecule has 102 valence electrons. The molecule has 2 rings (SSSR count). The molecule has 0 fully saturated rings. The van der Waals surface area contributed by atoms with Gasteiger partial charge in [-0.15, -0.1) is 0 Å². The van der Waals surface area contributed by atoms with Crippen LogP contribution in [0.3, 0.4) is 0 Å². The fraction of sp³-hybridized carbons (Fsp3) is 0.375. The van der Waals surface area contributed by atoms with E-state index in [1.165, 1.54) is 11.1 Å². The van der Waals surface area contributed by atoms with E-state index in [9.17, 15) is 0 Å². The van der Waals surface area contributed by atoms with Crippen LogP contribution in [0.5, 0.6) is 0 Å². The first kappa shape index (κ1) is 14.2. The molecule has 0 radical (unpaired) electrons. The summed E-state index contributed by atoms with van der Waals surface area (Å²) in [6.07, 6.45) is 3.75. The molecule has 3 heteroatoms. The SMILES string of the molecule is CCCNC(c1cccc(Cl)c1)c1ccoc1CC. The maximum Gasteiger partial charge on any atom is 0.108 e. The number of aryl methyl sites for hydroxylation is 1. The number of furan rings is 1. The second-order valence-corrected chi connectivity index (χ2v) is 5.03. The molecule has 0 amide bonds. The quantitative estimate of drug-likeness (QED) is 0.836. The summed E-state index contributed by atoms with van der Waals surface area (Å²) in [7, 11) is 0. The van der Waals surface area contributed by atoms with Gasteiger partial charge in [0.2, 0.25) is 0 Å². The van der Waals surface area contributed by atoms with Crippen molar-refractivity contribution in [2.45, 2.75) is 32.7 Å². The van der Waals surface area contributed by atoms with Crippen LogP contribution in [0.2, 0.25) is 5.02 Å². The zero-order valence-corrected chi connectivity index (χ0v) is 12.2. The maximum atomic E-state index is 6.11. The molecule has 19 heavy (non-hydrogen) atoms. The van der Waals surface area contributed by atoms with Crippen LogP contribution in [0.1, 0.15) is 43.2 Å². The zero-order chi connectivity index (χ0) is 13.7. The molecule has 1 unspecified atom stereocenters. The van der Waals surface area contributed by atoms with Crippen molar-refractivity contribution < 1.29 is 4.42 Å². The summed E-state index contributed by atoms with van der Waals surface area (Å²) in [4.78, 5) is 0. The van der Waals surface area contributed by atoms with Crippen molar-refractivity contribution in [3.8, 4) is 0 Å². The highest BCUT2D eigenvalue weighted by Gasteiger charge is 2.18. The van der Waals surface area contributed by atoms with Crippen molar-refractivity contribution in [3.05, 3.63) is 58.5 Å². The third-order valence-corrected chi connectivity index (χ3v) is 3.43. The van der Waals surface area contributed by atoms with Gasteiger partial charge >= 0.3 is 0 Å². The predicted molar refractivity (Wildman–Crippen MR) is 79.7 cm³/mol. The highest BCUT2D eigenvalue weighted by molar-refractivity contribution is 6.30. The number of halogens is 1. The summed E-state index contributed by atoms with van der Waals surface area (Å²) in [6.45, 7) is 5.24. The largest absolute Gasteiger partial charge is 0.469 e. The van der Waals surface area contributed by atoms with E-state index in [0.717, 1.165) is 30.2 Å². The summed E-state index contributed by atoms with van der Waals surface area (Å²) in [5.74, 6) is 1.04. The third-order valence-electron chi connectivity index (χ3n) is 3.19. The molecule has 0 saturated heterocycles. The van der Waals surface area contributed by atoms with Crippen molar-refractivity contribution in [1.29, 1.82) is 0 Å². The number of hydrogen-bond donors (Lipinski definition) is 1. The highest BCUT2D eigenvalue weighted by atomic mass is 35.5. The average Bonchev–Trinajstić information content (AvgIpc) is 2.88. The van der Waals surface area contributed by atoms with Crippen molar-refractivity contribution in [1.82, 2.24) is 5.32 Å². The number of nitrogens with one attached hydrogen (secondary N) is 1. The lowest BCUT2D eigenvalue weighted by atomic mass is 9.98. The molecule has 1 aromatic carbocycles. The fourth-order valence-electron chi connectivity index (χ4n) is 2.28. The van der Waals surface area contributed by atoms with Gasteiger partial charge in [-0.3, -0.25) is 0 Å². The van der Waals surface area contributed by atoms with Crippen LogP contribution in [-0.2, 0) is 6.42 Å². The zero-order valence-electron chi connectivity index (χ0n) is 11.4. The second-order valence-electron chi connectivity index (χ2n) is 4.59. The smallest absolute Gasteiger partial charge is 0.108 e. The van der Waals surface area contributed by atoms with Crippen LogP contribution in [0.15, 0.2) is 41.0 Å². The first-order valence-electron chi connectivity index (χ1n) is 6.81. The van der Waals surface area contributed by atoms with Gasteiger partial charge in [0.15, 0.2) is 0 Å². The Morgan fingerprint density at radius 2 is 2.11 bits per heavy atom. The molecule has 0 aliphatic heterocycles. The summed E-state index contributed by atoms with van der Waals surface area (Å²) >= 11 is 6.11. The molecule has 1 aromatic heterocycles. The molecule has 1 heterocycles. The molecule has 1 N–H and O–H groups in total. The lowest BCUT2D eigenvalue weighted by Crippen LogP contribution is -2.23. The fourth-order valence-corrected chi connectivity index (χ4v) is 2.48. The first-order chi connectivity index (χ1) is 9.26. The molecule has 0 aliphatic carbocycles. The monoisotopic (exact) mass is 277 g/mol. The maximum absolute atomic E-state index is 6.11. The van der Waals surface area contributed by atoms with E-state index in [2.05, 4.69) is 25.2 Å². The van der Waals surface area contributed by atoms with E-state index in [-0.39, 0.29) is 6.04 Å². The molecular formula is C16H20ClNO. The normalized spacial score (nSPS) is 12.6. The lowest BCUT2D eigenvalue weighted by molar-refractivity contribution is 0.500. The molecule has 2 nitrogen and oxygen atoms in total. The summed E-state index contributed by atoms with van der Waals surface area (Å²) in [5, 5.41) is 4.34. The number of hydrogen-bond acceptors (Lipinski definition) is 2. The Morgan fingerprint density at radius 3 is 2.79 bits per heavy atom. The Hall–Kier alpha value is -1.25. The van der Waals surface area contributed by atoms with Crippen LogP contribution in [-0.4, -0.2) is 6.54 Å². The van der Waals surface area contributed by atoms with Gasteiger partial charge in [0.05, 0.1) is 12.3 Å². The molecule has 1 atom stereocenters. The lowest BCUT2D eigenvalue weighted by Gasteiger charge is -2.19. The Bertz CT molecular complexity index is 521. The van der Waals surface area contributed by atoms with Gasteiger partial charge in [-0.05, 0) is 36.7 Å². The van der Waals surface area contributed by atoms with Gasteiger partial charge in [0.1, 0.15) is 5.76 Å². The standard InChI is InChI=1S/C16H20ClNO/c1-3-9-18-16(12-6-5-7-13(17)11-12)14-8-10-19-15(14)4-2/h5-8,10-11,16,18H,3-4,9H2,1-2H3. The topological polar surface area (TPSA) is 25.2 Å². The minimum Gasteiger partial charge on any atom is -0.469 e. The van der Waals surface area contributed by atoms with E-state index in [4.69, 9.17) is 16.0 Å². The molecule has 2 aromatic rings. The second kappa shape index (κ2) is 6.78. The minimum atomic E-state index is 0.146. The van der Waals surface area contributed by atoms with Gasteiger partial charge in [-0.2, -0.15) is 0 Å². The van der Waals surface area contributed by atoms with E-state index >= 15 is 0 Å². The first-order valence-corrected chi connectivity index (χ1v) is 7.19. The number of benzene rings is 1. The van der Waals surface area contributed by atoms with E-state index in [1.807, 2.05) is 24.3 Å². The van der Waals surface area contributed by atoms with Crippen molar-refractivity contribution in [2.24, 2.45) is 0 Å². The minimum absolute atomic E-state index is 0.146. The van der Waals surface area contributed by atoms with Gasteiger partial charge in [-0.1, -0.05) is 37.6 Å². The van der Waals surface area contributed by atoms with Crippen LogP contribution >= 0.6 is 11.6 Å². The Balaban J connectivity index is 2.35. The van der Waals surface area contributed by atoms with Gasteiger partial charge in [0, 0.05) is 17.0 Å². The molecule has 0 aliphatic rings. The van der Waals surface area contributed by atoms with Crippen molar-refractivity contribution in [2.75, 3.05) is 6.54 Å². The van der Waals surface area contributed by atoms with E-state index < -0.39 is 0 Å². The predicted octanol–water partition coefficient (Wildman–Crippen LogP) is 4.58. The Kier molecular flexibility index (Phi) is 5.06. The number of rotatable bonds is 6. The molecule has 0 bridgehead atoms. The van der Waals surface area contributed by atoms with Gasteiger partial charge in [-0.25, -0.2) is 0 Å². The highest BCUT2D eigenvalue weighted by Crippen LogP contribution is 2.28. The summed E-state index contributed by atoms with van der Waals surface area (Å²) < 4.78 is 5.55. The Labute approximate surface area is 119 Å². The van der Waals surface area contributed by atoms with E-state index in [1.54, 1.807) is 6.26 Å². The average molecular weight is 278 g/mol. The van der Waals surface area contributed by atoms with Crippen LogP contribution in [0.25, 0.3) is 0 Å².